The van der Waals surface area contributed by atoms with E-state index in [-0.39, 0.29) is 12.0 Å². The van der Waals surface area contributed by atoms with Gasteiger partial charge in [0.2, 0.25) is 0 Å². The van der Waals surface area contributed by atoms with Gasteiger partial charge >= 0.3 is 0 Å². The lowest BCUT2D eigenvalue weighted by Gasteiger charge is -2.28. The first kappa shape index (κ1) is 18.9. The van der Waals surface area contributed by atoms with Crippen LogP contribution in [-0.2, 0) is 13.0 Å². The molecule has 0 saturated carbocycles. The number of ether oxygens (including phenoxy) is 1. The molecule has 6 heteroatoms. The lowest BCUT2D eigenvalue weighted by molar-refractivity contribution is 0.0727. The third-order valence-electron chi connectivity index (χ3n) is 4.80. The minimum Gasteiger partial charge on any atom is -0.491 e. The number of carbonyl (C=O) groups excluding carboxylic acids is 1. The molecule has 0 bridgehead atoms. The highest BCUT2D eigenvalue weighted by Crippen LogP contribution is 2.21. The summed E-state index contributed by atoms with van der Waals surface area (Å²) in [4.78, 5) is 14.6. The molecule has 148 valence electrons. The van der Waals surface area contributed by atoms with Crippen molar-refractivity contribution in [1.29, 1.82) is 0 Å². The van der Waals surface area contributed by atoms with Crippen LogP contribution in [0.3, 0.4) is 0 Å². The number of anilines is 2. The van der Waals surface area contributed by atoms with Gasteiger partial charge in [0.05, 0.1) is 6.10 Å². The molecule has 1 N–H and O–H groups in total. The first-order valence-corrected chi connectivity index (χ1v) is 9.82. The molecular weight excluding hydrogens is 364 g/mol. The Morgan fingerprint density at radius 1 is 1.00 bits per heavy atom. The molecule has 0 fully saturated rings. The fraction of sp³-hybridized carbons (Fsp3) is 0.261. The minimum atomic E-state index is -0.0891. The highest BCUT2D eigenvalue weighted by Gasteiger charge is 2.22. The Hall–Kier alpha value is -3.41. The number of nitrogens with zero attached hydrogens (tertiary/aromatic N) is 3. The molecule has 1 aliphatic rings. The van der Waals surface area contributed by atoms with Crippen LogP contribution in [0.5, 0.6) is 5.75 Å². The Labute approximate surface area is 170 Å². The molecule has 0 aliphatic carbocycles. The third kappa shape index (κ3) is 4.54. The van der Waals surface area contributed by atoms with E-state index in [1.54, 1.807) is 12.1 Å². The second kappa shape index (κ2) is 8.31. The number of nitrogens with one attached hydrogen (secondary N) is 1. The highest BCUT2D eigenvalue weighted by atomic mass is 16.5. The van der Waals surface area contributed by atoms with Crippen molar-refractivity contribution in [3.05, 3.63) is 77.5 Å². The number of hydrogen-bond acceptors (Lipinski definition) is 5. The summed E-state index contributed by atoms with van der Waals surface area (Å²) in [5.41, 5.74) is 3.74. The van der Waals surface area contributed by atoms with Crippen molar-refractivity contribution in [1.82, 2.24) is 15.1 Å². The van der Waals surface area contributed by atoms with Gasteiger partial charge in [-0.25, -0.2) is 0 Å². The maximum Gasteiger partial charge on any atom is 0.274 e. The smallest absolute Gasteiger partial charge is 0.274 e. The molecule has 6 nitrogen and oxygen atoms in total. The first-order chi connectivity index (χ1) is 14.1. The van der Waals surface area contributed by atoms with E-state index in [1.165, 1.54) is 11.1 Å². The van der Waals surface area contributed by atoms with Gasteiger partial charge in [-0.3, -0.25) is 4.79 Å². The summed E-state index contributed by atoms with van der Waals surface area (Å²) in [5.74, 6) is 1.32. The quantitative estimate of drug-likeness (QED) is 0.709. The number of aromatic nitrogens is 2. The zero-order valence-electron chi connectivity index (χ0n) is 16.6. The van der Waals surface area contributed by atoms with Crippen LogP contribution in [0, 0.1) is 0 Å². The number of fused-ring (bicyclic) bond motifs is 1. The Morgan fingerprint density at radius 3 is 2.45 bits per heavy atom. The monoisotopic (exact) mass is 388 g/mol. The Kier molecular flexibility index (Phi) is 5.42. The molecule has 4 rings (SSSR count). The molecule has 2 heterocycles. The summed E-state index contributed by atoms with van der Waals surface area (Å²) in [5, 5.41) is 11.5. The molecular formula is C23H24N4O2. The van der Waals surface area contributed by atoms with Crippen LogP contribution >= 0.6 is 0 Å². The van der Waals surface area contributed by atoms with Gasteiger partial charge < -0.3 is 15.0 Å². The standard InChI is InChI=1S/C23H24N4O2/c1-16(2)29-20-9-7-19(8-10-20)24-22-12-11-21(25-26-22)23(28)27-14-13-17-5-3-4-6-18(17)15-27/h3-12,16H,13-15H2,1-2H3,(H,24,26). The summed E-state index contributed by atoms with van der Waals surface area (Å²) < 4.78 is 5.64. The molecule has 0 radical (unpaired) electrons. The zero-order chi connectivity index (χ0) is 20.2. The van der Waals surface area contributed by atoms with Crippen LogP contribution in [-0.4, -0.2) is 33.7 Å². The van der Waals surface area contributed by atoms with E-state index >= 15 is 0 Å². The van der Waals surface area contributed by atoms with Crippen molar-refractivity contribution in [2.45, 2.75) is 32.9 Å². The van der Waals surface area contributed by atoms with Crippen LogP contribution < -0.4 is 10.1 Å². The van der Waals surface area contributed by atoms with E-state index in [4.69, 9.17) is 4.74 Å². The maximum absolute atomic E-state index is 12.8. The van der Waals surface area contributed by atoms with Crippen molar-refractivity contribution in [3.8, 4) is 5.75 Å². The van der Waals surface area contributed by atoms with Crippen molar-refractivity contribution < 1.29 is 9.53 Å². The van der Waals surface area contributed by atoms with E-state index in [9.17, 15) is 4.79 Å². The van der Waals surface area contributed by atoms with E-state index in [2.05, 4.69) is 27.6 Å². The van der Waals surface area contributed by atoms with Crippen molar-refractivity contribution in [3.63, 3.8) is 0 Å². The van der Waals surface area contributed by atoms with Crippen molar-refractivity contribution >= 4 is 17.4 Å². The summed E-state index contributed by atoms with van der Waals surface area (Å²) in [6.45, 7) is 5.30. The molecule has 3 aromatic rings. The normalized spacial score (nSPS) is 13.1. The number of benzene rings is 2. The fourth-order valence-corrected chi connectivity index (χ4v) is 3.38. The van der Waals surface area contributed by atoms with Gasteiger partial charge in [0.1, 0.15) is 5.75 Å². The molecule has 0 unspecified atom stereocenters. The van der Waals surface area contributed by atoms with Crippen LogP contribution in [0.1, 0.15) is 35.5 Å². The lowest BCUT2D eigenvalue weighted by Crippen LogP contribution is -2.36. The molecule has 0 saturated heterocycles. The van der Waals surface area contributed by atoms with E-state index in [0.29, 0.717) is 24.6 Å². The van der Waals surface area contributed by atoms with Crippen LogP contribution in [0.25, 0.3) is 0 Å². The molecule has 1 amide bonds. The van der Waals surface area contributed by atoms with Crippen molar-refractivity contribution in [2.75, 3.05) is 11.9 Å². The SMILES string of the molecule is CC(C)Oc1ccc(Nc2ccc(C(=O)N3CCc4ccccc4C3)nn2)cc1. The number of amides is 1. The molecule has 2 aromatic carbocycles. The number of carbonyl (C=O) groups is 1. The molecule has 1 aromatic heterocycles. The van der Waals surface area contributed by atoms with Gasteiger partial charge in [-0.05, 0) is 67.8 Å². The zero-order valence-corrected chi connectivity index (χ0v) is 16.6. The first-order valence-electron chi connectivity index (χ1n) is 9.82. The lowest BCUT2D eigenvalue weighted by atomic mass is 10.00. The van der Waals surface area contributed by atoms with Gasteiger partial charge in [0.15, 0.2) is 11.5 Å². The van der Waals surface area contributed by atoms with Gasteiger partial charge in [-0.1, -0.05) is 24.3 Å². The van der Waals surface area contributed by atoms with Gasteiger partial charge in [0.25, 0.3) is 5.91 Å². The average molecular weight is 388 g/mol. The Morgan fingerprint density at radius 2 is 1.76 bits per heavy atom. The van der Waals surface area contributed by atoms with Crippen LogP contribution in [0.15, 0.2) is 60.7 Å². The topological polar surface area (TPSA) is 67.3 Å². The van der Waals surface area contributed by atoms with Gasteiger partial charge in [0, 0.05) is 18.8 Å². The number of rotatable bonds is 5. The molecule has 0 spiro atoms. The van der Waals surface area contributed by atoms with Crippen molar-refractivity contribution in [2.24, 2.45) is 0 Å². The van der Waals surface area contributed by atoms with Gasteiger partial charge in [-0.15, -0.1) is 10.2 Å². The predicted octanol–water partition coefficient (Wildman–Crippen LogP) is 4.21. The number of hydrogen-bond donors (Lipinski definition) is 1. The highest BCUT2D eigenvalue weighted by molar-refractivity contribution is 5.92. The third-order valence-corrected chi connectivity index (χ3v) is 4.80. The Bertz CT molecular complexity index is 985. The minimum absolute atomic E-state index is 0.0891. The fourth-order valence-electron chi connectivity index (χ4n) is 3.38. The van der Waals surface area contributed by atoms with Crippen LogP contribution in [0.2, 0.25) is 0 Å². The molecule has 0 atom stereocenters. The Balaban J connectivity index is 1.39. The summed E-state index contributed by atoms with van der Waals surface area (Å²) in [6.07, 6.45) is 1.00. The largest absolute Gasteiger partial charge is 0.491 e. The van der Waals surface area contributed by atoms with E-state index < -0.39 is 0 Å². The summed E-state index contributed by atoms with van der Waals surface area (Å²) in [6, 6.07) is 19.4. The van der Waals surface area contributed by atoms with E-state index in [0.717, 1.165) is 17.9 Å². The second-order valence-electron chi connectivity index (χ2n) is 7.37. The molecule has 29 heavy (non-hydrogen) atoms. The molecule has 1 aliphatic heterocycles. The summed E-state index contributed by atoms with van der Waals surface area (Å²) >= 11 is 0. The van der Waals surface area contributed by atoms with Crippen LogP contribution in [0.4, 0.5) is 11.5 Å². The van der Waals surface area contributed by atoms with Gasteiger partial charge in [-0.2, -0.15) is 0 Å². The predicted molar refractivity (Wildman–Crippen MR) is 112 cm³/mol. The van der Waals surface area contributed by atoms with E-state index in [1.807, 2.05) is 55.1 Å². The second-order valence-corrected chi connectivity index (χ2v) is 7.37. The maximum atomic E-state index is 12.8. The average Bonchev–Trinajstić information content (AvgIpc) is 2.74. The summed E-state index contributed by atoms with van der Waals surface area (Å²) in [7, 11) is 0.